The molecule has 25 heavy (non-hydrogen) atoms. The molecular formula is C22H22N2O. The Hall–Kier alpha value is -2.39. The van der Waals surface area contributed by atoms with E-state index in [9.17, 15) is 4.79 Å². The quantitative estimate of drug-likeness (QED) is 0.783. The molecule has 2 aromatic rings. The summed E-state index contributed by atoms with van der Waals surface area (Å²) >= 11 is 0. The van der Waals surface area contributed by atoms with Crippen molar-refractivity contribution in [2.45, 2.75) is 44.8 Å². The number of carbonyl (C=O) groups excluding carboxylic acids is 1. The van der Waals surface area contributed by atoms with Gasteiger partial charge in [-0.05, 0) is 48.6 Å². The summed E-state index contributed by atoms with van der Waals surface area (Å²) in [4.78, 5) is 12.7. The standard InChI is InChI=1S/C22H22N2O/c1-14-13-18(25)24-22(2,3)20-19(15-9-5-4-6-10-15)16-11-7-8-12-17(16)21(20)23(14)24/h4-12,14,21H,13H2,1-3H3. The number of hydrogen-bond acceptors (Lipinski definition) is 2. The zero-order valence-electron chi connectivity index (χ0n) is 14.9. The van der Waals surface area contributed by atoms with Gasteiger partial charge in [0.25, 0.3) is 0 Å². The van der Waals surface area contributed by atoms with Crippen molar-refractivity contribution in [1.29, 1.82) is 0 Å². The van der Waals surface area contributed by atoms with Crippen LogP contribution in [0.15, 0.2) is 60.2 Å². The Morgan fingerprint density at radius 1 is 1.00 bits per heavy atom. The Balaban J connectivity index is 1.84. The van der Waals surface area contributed by atoms with E-state index in [2.05, 4.69) is 80.4 Å². The highest BCUT2D eigenvalue weighted by Gasteiger charge is 2.59. The van der Waals surface area contributed by atoms with E-state index >= 15 is 0 Å². The lowest BCUT2D eigenvalue weighted by molar-refractivity contribution is -0.143. The summed E-state index contributed by atoms with van der Waals surface area (Å²) in [6.07, 6.45) is 0.607. The first-order valence-electron chi connectivity index (χ1n) is 9.02. The normalized spacial score (nSPS) is 26.8. The third-order valence-electron chi connectivity index (χ3n) is 5.97. The molecule has 2 aliphatic heterocycles. The Bertz CT molecular complexity index is 913. The molecule has 3 nitrogen and oxygen atoms in total. The summed E-state index contributed by atoms with van der Waals surface area (Å²) < 4.78 is 0. The molecule has 3 aliphatic rings. The van der Waals surface area contributed by atoms with Crippen LogP contribution in [-0.2, 0) is 4.79 Å². The van der Waals surface area contributed by atoms with E-state index in [1.165, 1.54) is 27.8 Å². The molecule has 2 aromatic carbocycles. The lowest BCUT2D eigenvalue weighted by Crippen LogP contribution is -2.46. The van der Waals surface area contributed by atoms with E-state index in [1.54, 1.807) is 0 Å². The summed E-state index contributed by atoms with van der Waals surface area (Å²) in [5, 5.41) is 4.35. The van der Waals surface area contributed by atoms with Gasteiger partial charge < -0.3 is 0 Å². The van der Waals surface area contributed by atoms with Crippen molar-refractivity contribution in [3.05, 3.63) is 76.9 Å². The topological polar surface area (TPSA) is 23.6 Å². The number of nitrogens with zero attached hydrogens (tertiary/aromatic N) is 2. The van der Waals surface area contributed by atoms with Gasteiger partial charge in [0, 0.05) is 12.5 Å². The van der Waals surface area contributed by atoms with Gasteiger partial charge in [-0.3, -0.25) is 9.80 Å². The van der Waals surface area contributed by atoms with E-state index in [0.29, 0.717) is 6.42 Å². The van der Waals surface area contributed by atoms with Crippen molar-refractivity contribution in [3.8, 4) is 0 Å². The maximum Gasteiger partial charge on any atom is 0.239 e. The molecule has 2 unspecified atom stereocenters. The van der Waals surface area contributed by atoms with Crippen LogP contribution in [0.1, 0.15) is 49.9 Å². The fraction of sp³-hybridized carbons (Fsp3) is 0.318. The third kappa shape index (κ3) is 1.77. The van der Waals surface area contributed by atoms with Gasteiger partial charge in [-0.1, -0.05) is 54.6 Å². The Morgan fingerprint density at radius 3 is 2.44 bits per heavy atom. The van der Waals surface area contributed by atoms with Crippen LogP contribution >= 0.6 is 0 Å². The number of hydrogen-bond donors (Lipinski definition) is 0. The predicted octanol–water partition coefficient (Wildman–Crippen LogP) is 4.17. The van der Waals surface area contributed by atoms with Crippen molar-refractivity contribution >= 4 is 11.5 Å². The predicted molar refractivity (Wildman–Crippen MR) is 98.5 cm³/mol. The molecule has 1 aliphatic carbocycles. The van der Waals surface area contributed by atoms with Crippen molar-refractivity contribution in [1.82, 2.24) is 10.0 Å². The minimum absolute atomic E-state index is 0.169. The highest BCUT2D eigenvalue weighted by atomic mass is 16.2. The zero-order chi connectivity index (χ0) is 17.3. The molecule has 2 fully saturated rings. The number of fused-ring (bicyclic) bond motifs is 5. The molecule has 1 amide bonds. The smallest absolute Gasteiger partial charge is 0.239 e. The Labute approximate surface area is 148 Å². The van der Waals surface area contributed by atoms with Gasteiger partial charge in [-0.2, -0.15) is 0 Å². The number of amides is 1. The molecule has 2 saturated heterocycles. The molecule has 0 radical (unpaired) electrons. The SMILES string of the molecule is CC1CC(=O)N2N1C1C(=C(c3ccccc3)c3ccccc31)C2(C)C. The lowest BCUT2D eigenvalue weighted by atomic mass is 9.86. The first-order valence-corrected chi connectivity index (χ1v) is 9.02. The number of hydrazine groups is 1. The van der Waals surface area contributed by atoms with Crippen LogP contribution in [0, 0.1) is 0 Å². The van der Waals surface area contributed by atoms with Crippen molar-refractivity contribution in [3.63, 3.8) is 0 Å². The van der Waals surface area contributed by atoms with Crippen LogP contribution < -0.4 is 0 Å². The van der Waals surface area contributed by atoms with Crippen LogP contribution in [0.5, 0.6) is 0 Å². The van der Waals surface area contributed by atoms with Gasteiger partial charge in [0.2, 0.25) is 5.91 Å². The van der Waals surface area contributed by atoms with Crippen LogP contribution in [0.2, 0.25) is 0 Å². The minimum Gasteiger partial charge on any atom is -0.273 e. The summed E-state index contributed by atoms with van der Waals surface area (Å²) in [7, 11) is 0. The summed E-state index contributed by atoms with van der Waals surface area (Å²) in [6, 6.07) is 19.7. The number of carbonyl (C=O) groups is 1. The molecule has 0 saturated carbocycles. The second-order valence-corrected chi connectivity index (χ2v) is 7.84. The molecule has 0 bridgehead atoms. The molecular weight excluding hydrogens is 308 g/mol. The first-order chi connectivity index (χ1) is 12.0. The highest BCUT2D eigenvalue weighted by molar-refractivity contribution is 5.92. The van der Waals surface area contributed by atoms with Gasteiger partial charge in [0.15, 0.2) is 0 Å². The van der Waals surface area contributed by atoms with E-state index in [1.807, 2.05) is 5.01 Å². The first kappa shape index (κ1) is 14.9. The van der Waals surface area contributed by atoms with Gasteiger partial charge in [0.1, 0.15) is 0 Å². The van der Waals surface area contributed by atoms with Gasteiger partial charge in [0.05, 0.1) is 11.6 Å². The monoisotopic (exact) mass is 330 g/mol. The minimum atomic E-state index is -0.309. The fourth-order valence-corrected chi connectivity index (χ4v) is 5.07. The molecule has 0 aromatic heterocycles. The maximum absolute atomic E-state index is 12.7. The molecule has 0 N–H and O–H groups in total. The van der Waals surface area contributed by atoms with Crippen LogP contribution in [0.4, 0.5) is 0 Å². The molecule has 5 rings (SSSR count). The summed E-state index contributed by atoms with van der Waals surface area (Å²) in [5.74, 6) is 0.240. The van der Waals surface area contributed by atoms with E-state index in [0.717, 1.165) is 0 Å². The van der Waals surface area contributed by atoms with Crippen molar-refractivity contribution in [2.75, 3.05) is 0 Å². The zero-order valence-corrected chi connectivity index (χ0v) is 14.9. The van der Waals surface area contributed by atoms with Crippen LogP contribution in [0.3, 0.4) is 0 Å². The lowest BCUT2D eigenvalue weighted by Gasteiger charge is -2.34. The fourth-order valence-electron chi connectivity index (χ4n) is 5.07. The summed E-state index contributed by atoms with van der Waals surface area (Å²) in [5.41, 5.74) is 6.24. The maximum atomic E-state index is 12.7. The largest absolute Gasteiger partial charge is 0.273 e. The Morgan fingerprint density at radius 2 is 1.68 bits per heavy atom. The third-order valence-corrected chi connectivity index (χ3v) is 5.97. The van der Waals surface area contributed by atoms with Crippen LogP contribution in [0.25, 0.3) is 5.57 Å². The second kappa shape index (κ2) is 4.83. The highest BCUT2D eigenvalue weighted by Crippen LogP contribution is 2.59. The van der Waals surface area contributed by atoms with Gasteiger partial charge in [-0.25, -0.2) is 5.01 Å². The molecule has 126 valence electrons. The average molecular weight is 330 g/mol. The van der Waals surface area contributed by atoms with E-state index < -0.39 is 0 Å². The average Bonchev–Trinajstić information content (AvgIpc) is 3.17. The Kier molecular flexibility index (Phi) is 2.88. The second-order valence-electron chi connectivity index (χ2n) is 7.84. The summed E-state index contributed by atoms with van der Waals surface area (Å²) in [6.45, 7) is 6.56. The van der Waals surface area contributed by atoms with Crippen molar-refractivity contribution < 1.29 is 4.79 Å². The number of rotatable bonds is 1. The molecule has 3 heteroatoms. The van der Waals surface area contributed by atoms with Gasteiger partial charge >= 0.3 is 0 Å². The van der Waals surface area contributed by atoms with E-state index in [-0.39, 0.29) is 23.5 Å². The van der Waals surface area contributed by atoms with E-state index in [4.69, 9.17) is 0 Å². The molecule has 2 heterocycles. The molecule has 0 spiro atoms. The molecule has 2 atom stereocenters. The van der Waals surface area contributed by atoms with Crippen molar-refractivity contribution in [2.24, 2.45) is 0 Å². The number of benzene rings is 2. The van der Waals surface area contributed by atoms with Crippen LogP contribution in [-0.4, -0.2) is 27.5 Å². The van der Waals surface area contributed by atoms with Gasteiger partial charge in [-0.15, -0.1) is 0 Å².